The SMILES string of the molecule is CN=Cc1c(N)nc(-c2cccnc2)nc1Oc1cccc(C(=O)Nc2ccc(CN3CCN(C)CC3)c(C(F)(F)F)c2)c1. The molecule has 1 aliphatic rings. The van der Waals surface area contributed by atoms with Crippen molar-refractivity contribution in [3.63, 3.8) is 0 Å². The van der Waals surface area contributed by atoms with Crippen LogP contribution in [0, 0.1) is 0 Å². The first-order valence-electron chi connectivity index (χ1n) is 13.8. The predicted octanol–water partition coefficient (Wildman–Crippen LogP) is 4.98. The van der Waals surface area contributed by atoms with Crippen LogP contribution in [-0.2, 0) is 12.7 Å². The fourth-order valence-electron chi connectivity index (χ4n) is 4.74. The van der Waals surface area contributed by atoms with Crippen molar-refractivity contribution in [2.75, 3.05) is 51.3 Å². The Kier molecular flexibility index (Phi) is 9.16. The maximum absolute atomic E-state index is 14.0. The van der Waals surface area contributed by atoms with E-state index in [0.717, 1.165) is 19.2 Å². The summed E-state index contributed by atoms with van der Waals surface area (Å²) < 4.78 is 48.1. The number of aliphatic imine (C=N–C) groups is 1. The lowest BCUT2D eigenvalue weighted by Gasteiger charge is -2.33. The maximum atomic E-state index is 14.0. The standard InChI is InChI=1S/C31H31F3N8O2/c1-36-18-25-27(35)39-28(21-6-4-10-37-17-21)40-30(25)44-24-7-3-5-20(15-24)29(43)38-23-9-8-22(26(16-23)31(32,33)34)19-42-13-11-41(2)12-14-42/h3-10,15-18H,11-14,19H2,1-2H3,(H,38,43)(H2,35,39,40). The molecule has 44 heavy (non-hydrogen) atoms. The summed E-state index contributed by atoms with van der Waals surface area (Å²) in [5.74, 6) is 0.153. The molecule has 1 aliphatic heterocycles. The van der Waals surface area contributed by atoms with E-state index in [9.17, 15) is 18.0 Å². The molecule has 4 aromatic rings. The number of nitrogens with zero attached hydrogens (tertiary/aromatic N) is 6. The van der Waals surface area contributed by atoms with Crippen LogP contribution in [0.5, 0.6) is 11.6 Å². The molecule has 1 saturated heterocycles. The normalized spacial score (nSPS) is 14.6. The summed E-state index contributed by atoms with van der Waals surface area (Å²) in [5, 5.41) is 2.58. The van der Waals surface area contributed by atoms with Gasteiger partial charge in [-0.1, -0.05) is 12.1 Å². The van der Waals surface area contributed by atoms with E-state index < -0.39 is 17.6 Å². The average molecular weight is 605 g/mol. The first-order chi connectivity index (χ1) is 21.1. The minimum atomic E-state index is -4.58. The highest BCUT2D eigenvalue weighted by atomic mass is 19.4. The molecule has 5 rings (SSSR count). The van der Waals surface area contributed by atoms with Crippen LogP contribution in [0.1, 0.15) is 27.0 Å². The van der Waals surface area contributed by atoms with Crippen LogP contribution in [0.2, 0.25) is 0 Å². The van der Waals surface area contributed by atoms with Crippen LogP contribution >= 0.6 is 0 Å². The number of nitrogens with one attached hydrogen (secondary N) is 1. The van der Waals surface area contributed by atoms with E-state index in [1.54, 1.807) is 43.7 Å². The van der Waals surface area contributed by atoms with Crippen molar-refractivity contribution in [1.82, 2.24) is 24.8 Å². The molecule has 0 atom stereocenters. The highest BCUT2D eigenvalue weighted by Crippen LogP contribution is 2.35. The molecule has 228 valence electrons. The summed E-state index contributed by atoms with van der Waals surface area (Å²) in [6.45, 7) is 3.13. The Hall–Kier alpha value is -4.88. The van der Waals surface area contributed by atoms with Gasteiger partial charge < -0.3 is 20.7 Å². The summed E-state index contributed by atoms with van der Waals surface area (Å²) in [6, 6.07) is 13.6. The van der Waals surface area contributed by atoms with Gasteiger partial charge in [0.2, 0.25) is 5.88 Å². The molecule has 0 aliphatic carbocycles. The lowest BCUT2D eigenvalue weighted by atomic mass is 10.0. The number of nitrogen functional groups attached to an aromatic ring is 1. The lowest BCUT2D eigenvalue weighted by molar-refractivity contribution is -0.138. The number of likely N-dealkylation sites (N-methyl/N-ethyl adjacent to an activating group) is 1. The summed E-state index contributed by atoms with van der Waals surface area (Å²) in [4.78, 5) is 34.2. The number of amides is 1. The van der Waals surface area contributed by atoms with Crippen LogP contribution in [-0.4, -0.2) is 77.1 Å². The zero-order valence-electron chi connectivity index (χ0n) is 24.2. The van der Waals surface area contributed by atoms with Gasteiger partial charge in [-0.3, -0.25) is 19.7 Å². The minimum Gasteiger partial charge on any atom is -0.438 e. The van der Waals surface area contributed by atoms with Crippen molar-refractivity contribution in [2.45, 2.75) is 12.7 Å². The topological polar surface area (TPSA) is 122 Å². The molecule has 2 aromatic heterocycles. The van der Waals surface area contributed by atoms with E-state index in [2.05, 4.69) is 30.2 Å². The number of halogens is 3. The highest BCUT2D eigenvalue weighted by molar-refractivity contribution is 6.04. The predicted molar refractivity (Wildman–Crippen MR) is 162 cm³/mol. The molecule has 10 nitrogen and oxygen atoms in total. The first kappa shape index (κ1) is 30.6. The van der Waals surface area contributed by atoms with E-state index in [0.29, 0.717) is 24.2 Å². The van der Waals surface area contributed by atoms with Crippen molar-refractivity contribution in [3.05, 3.63) is 89.2 Å². The Balaban J connectivity index is 1.36. The van der Waals surface area contributed by atoms with Crippen LogP contribution in [0.3, 0.4) is 0 Å². The third kappa shape index (κ3) is 7.36. The first-order valence-corrected chi connectivity index (χ1v) is 13.8. The number of hydrogen-bond donors (Lipinski definition) is 2. The van der Waals surface area contributed by atoms with E-state index in [4.69, 9.17) is 10.5 Å². The van der Waals surface area contributed by atoms with Gasteiger partial charge in [0.25, 0.3) is 5.91 Å². The van der Waals surface area contributed by atoms with Crippen molar-refractivity contribution in [3.8, 4) is 23.0 Å². The molecule has 3 N–H and O–H groups in total. The highest BCUT2D eigenvalue weighted by Gasteiger charge is 2.34. The van der Waals surface area contributed by atoms with E-state index >= 15 is 0 Å². The third-order valence-corrected chi connectivity index (χ3v) is 7.09. The maximum Gasteiger partial charge on any atom is 0.416 e. The number of carbonyl (C=O) groups excluding carboxylic acids is 1. The van der Waals surface area contributed by atoms with Gasteiger partial charge in [0.1, 0.15) is 11.6 Å². The molecular weight excluding hydrogens is 573 g/mol. The fraction of sp³-hybridized carbons (Fsp3) is 0.258. The average Bonchev–Trinajstić information content (AvgIpc) is 3.00. The summed E-state index contributed by atoms with van der Waals surface area (Å²) in [7, 11) is 3.55. The van der Waals surface area contributed by atoms with Gasteiger partial charge in [0.15, 0.2) is 5.82 Å². The van der Waals surface area contributed by atoms with E-state index in [1.165, 1.54) is 30.5 Å². The summed E-state index contributed by atoms with van der Waals surface area (Å²) >= 11 is 0. The number of carbonyl (C=O) groups is 1. The number of anilines is 2. The molecule has 0 unspecified atom stereocenters. The molecule has 0 radical (unpaired) electrons. The molecule has 2 aromatic carbocycles. The zero-order valence-corrected chi connectivity index (χ0v) is 24.2. The van der Waals surface area contributed by atoms with Gasteiger partial charge in [0.05, 0.1) is 11.1 Å². The van der Waals surface area contributed by atoms with Gasteiger partial charge in [-0.25, -0.2) is 4.98 Å². The molecule has 13 heteroatoms. The molecule has 1 amide bonds. The Labute approximate surface area is 252 Å². The molecule has 1 fully saturated rings. The van der Waals surface area contributed by atoms with Crippen molar-refractivity contribution < 1.29 is 22.7 Å². The number of aromatic nitrogens is 3. The quantitative estimate of drug-likeness (QED) is 0.270. The number of pyridine rings is 1. The Morgan fingerprint density at radius 2 is 1.89 bits per heavy atom. The zero-order chi connectivity index (χ0) is 31.3. The second-order valence-corrected chi connectivity index (χ2v) is 10.3. The fourth-order valence-corrected chi connectivity index (χ4v) is 4.74. The monoisotopic (exact) mass is 604 g/mol. The number of benzene rings is 2. The molecular formula is C31H31F3N8O2. The van der Waals surface area contributed by atoms with E-state index in [1.807, 2.05) is 11.9 Å². The van der Waals surface area contributed by atoms with Gasteiger partial charge in [-0.2, -0.15) is 18.2 Å². The number of nitrogens with two attached hydrogens (primary N) is 1. The number of hydrogen-bond acceptors (Lipinski definition) is 9. The number of piperazine rings is 1. The number of ether oxygens (including phenoxy) is 1. The van der Waals surface area contributed by atoms with Crippen molar-refractivity contribution in [1.29, 1.82) is 0 Å². The summed E-state index contributed by atoms with van der Waals surface area (Å²) in [5.41, 5.74) is 6.72. The molecule has 0 bridgehead atoms. The van der Waals surface area contributed by atoms with Gasteiger partial charge >= 0.3 is 6.18 Å². The second kappa shape index (κ2) is 13.2. The van der Waals surface area contributed by atoms with Crippen LogP contribution < -0.4 is 15.8 Å². The third-order valence-electron chi connectivity index (χ3n) is 7.09. The van der Waals surface area contributed by atoms with E-state index in [-0.39, 0.29) is 46.6 Å². The van der Waals surface area contributed by atoms with Crippen LogP contribution in [0.25, 0.3) is 11.4 Å². The Bertz CT molecular complexity index is 1660. The second-order valence-electron chi connectivity index (χ2n) is 10.3. The Morgan fingerprint density at radius 1 is 1.09 bits per heavy atom. The van der Waals surface area contributed by atoms with Gasteiger partial charge in [0, 0.05) is 75.2 Å². The number of rotatable bonds is 8. The van der Waals surface area contributed by atoms with Gasteiger partial charge in [-0.05, 0) is 55.1 Å². The van der Waals surface area contributed by atoms with Crippen LogP contribution in [0.15, 0.2) is 72.0 Å². The smallest absolute Gasteiger partial charge is 0.416 e. The van der Waals surface area contributed by atoms with Crippen LogP contribution in [0.4, 0.5) is 24.7 Å². The molecule has 0 saturated carbocycles. The number of alkyl halides is 3. The largest absolute Gasteiger partial charge is 0.438 e. The lowest BCUT2D eigenvalue weighted by Crippen LogP contribution is -2.44. The Morgan fingerprint density at radius 3 is 2.59 bits per heavy atom. The minimum absolute atomic E-state index is 0.0295. The summed E-state index contributed by atoms with van der Waals surface area (Å²) in [6.07, 6.45) is 0.0793. The molecule has 3 heterocycles. The van der Waals surface area contributed by atoms with Crippen molar-refractivity contribution >= 4 is 23.6 Å². The molecule has 0 spiro atoms. The van der Waals surface area contributed by atoms with Crippen molar-refractivity contribution in [2.24, 2.45) is 4.99 Å². The van der Waals surface area contributed by atoms with Gasteiger partial charge in [-0.15, -0.1) is 0 Å².